The SMILES string of the molecule is O=C(Nc1ccc(-c2cccc(Cl)c2)cc1)NS(=O)[O-]. The molecule has 2 rings (SSSR count). The molecule has 2 amide bonds. The third-order valence-electron chi connectivity index (χ3n) is 2.48. The van der Waals surface area contributed by atoms with Gasteiger partial charge in [-0.2, -0.15) is 0 Å². The third kappa shape index (κ3) is 4.06. The van der Waals surface area contributed by atoms with Crippen molar-refractivity contribution in [1.82, 2.24) is 4.72 Å². The van der Waals surface area contributed by atoms with Crippen LogP contribution in [0.2, 0.25) is 5.02 Å². The number of anilines is 1. The number of urea groups is 1. The number of benzene rings is 2. The Kier molecular flexibility index (Phi) is 4.73. The Bertz CT molecular complexity index is 646. The smallest absolute Gasteiger partial charge is 0.330 e. The normalized spacial score (nSPS) is 11.7. The molecule has 20 heavy (non-hydrogen) atoms. The largest absolute Gasteiger partial charge is 0.755 e. The second-order valence-electron chi connectivity index (χ2n) is 3.88. The molecule has 2 aromatic carbocycles. The third-order valence-corrected chi connectivity index (χ3v) is 3.06. The lowest BCUT2D eigenvalue weighted by Crippen LogP contribution is -2.30. The van der Waals surface area contributed by atoms with E-state index in [0.717, 1.165) is 11.1 Å². The average molecular weight is 310 g/mol. The first kappa shape index (κ1) is 14.5. The highest BCUT2D eigenvalue weighted by atomic mass is 35.5. The molecule has 2 N–H and O–H groups in total. The summed E-state index contributed by atoms with van der Waals surface area (Å²) in [6, 6.07) is 13.5. The predicted molar refractivity (Wildman–Crippen MR) is 78.0 cm³/mol. The summed E-state index contributed by atoms with van der Waals surface area (Å²) in [4.78, 5) is 11.2. The fraction of sp³-hybridized carbons (Fsp3) is 0. The van der Waals surface area contributed by atoms with Crippen molar-refractivity contribution in [2.75, 3.05) is 5.32 Å². The molecule has 0 aliphatic rings. The van der Waals surface area contributed by atoms with Crippen molar-refractivity contribution in [3.63, 3.8) is 0 Å². The van der Waals surface area contributed by atoms with Gasteiger partial charge in [0.05, 0.1) is 0 Å². The molecular weight excluding hydrogens is 300 g/mol. The molecule has 0 aliphatic carbocycles. The van der Waals surface area contributed by atoms with E-state index < -0.39 is 17.3 Å². The van der Waals surface area contributed by atoms with Gasteiger partial charge in [-0.15, -0.1) is 0 Å². The Balaban J connectivity index is 2.10. The van der Waals surface area contributed by atoms with Crippen LogP contribution in [0.15, 0.2) is 48.5 Å². The van der Waals surface area contributed by atoms with Crippen LogP contribution in [0.4, 0.5) is 10.5 Å². The highest BCUT2D eigenvalue weighted by molar-refractivity contribution is 7.77. The van der Waals surface area contributed by atoms with Gasteiger partial charge >= 0.3 is 6.03 Å². The summed E-state index contributed by atoms with van der Waals surface area (Å²) >= 11 is 3.29. The number of rotatable bonds is 3. The standard InChI is InChI=1S/C13H11ClN2O3S/c14-11-3-1-2-10(8-11)9-4-6-12(7-5-9)15-13(17)16-20(18)19/h1-8H,(H,18,19)(H2,15,16,17)/p-1. The van der Waals surface area contributed by atoms with Crippen molar-refractivity contribution in [1.29, 1.82) is 0 Å². The van der Waals surface area contributed by atoms with E-state index in [4.69, 9.17) is 11.6 Å². The van der Waals surface area contributed by atoms with E-state index in [1.165, 1.54) is 0 Å². The van der Waals surface area contributed by atoms with Crippen LogP contribution in [0.1, 0.15) is 0 Å². The summed E-state index contributed by atoms with van der Waals surface area (Å²) in [5.41, 5.74) is 2.37. The first-order valence-corrected chi connectivity index (χ1v) is 7.03. The minimum Gasteiger partial charge on any atom is -0.755 e. The van der Waals surface area contributed by atoms with Crippen molar-refractivity contribution < 1.29 is 13.6 Å². The van der Waals surface area contributed by atoms with Crippen LogP contribution in [-0.4, -0.2) is 14.8 Å². The van der Waals surface area contributed by atoms with E-state index in [1.54, 1.807) is 35.1 Å². The minimum absolute atomic E-state index is 0.485. The molecule has 7 heteroatoms. The van der Waals surface area contributed by atoms with Gasteiger partial charge in [0.1, 0.15) is 0 Å². The molecule has 1 unspecified atom stereocenters. The average Bonchev–Trinajstić information content (AvgIpc) is 2.38. The maximum absolute atomic E-state index is 11.2. The monoisotopic (exact) mass is 309 g/mol. The number of hydrogen-bond donors (Lipinski definition) is 2. The molecule has 0 bridgehead atoms. The zero-order valence-electron chi connectivity index (χ0n) is 10.1. The minimum atomic E-state index is -2.63. The molecule has 0 aromatic heterocycles. The van der Waals surface area contributed by atoms with Crippen LogP contribution < -0.4 is 10.0 Å². The molecule has 1 atom stereocenters. The number of nitrogens with one attached hydrogen (secondary N) is 2. The highest BCUT2D eigenvalue weighted by Gasteiger charge is 2.02. The zero-order chi connectivity index (χ0) is 14.5. The zero-order valence-corrected chi connectivity index (χ0v) is 11.7. The molecule has 0 radical (unpaired) electrons. The Labute approximate surface area is 123 Å². The van der Waals surface area contributed by atoms with Crippen molar-refractivity contribution in [3.8, 4) is 11.1 Å². The Hall–Kier alpha value is -1.89. The lowest BCUT2D eigenvalue weighted by atomic mass is 10.1. The number of carbonyl (C=O) groups excluding carboxylic acids is 1. The lowest BCUT2D eigenvalue weighted by molar-refractivity contribution is 0.256. The molecule has 0 saturated carbocycles. The molecule has 0 fully saturated rings. The summed E-state index contributed by atoms with van der Waals surface area (Å²) in [5, 5.41) is 3.03. The Morgan fingerprint density at radius 1 is 1.10 bits per heavy atom. The Morgan fingerprint density at radius 3 is 2.40 bits per heavy atom. The topological polar surface area (TPSA) is 81.3 Å². The Morgan fingerprint density at radius 2 is 1.80 bits per heavy atom. The van der Waals surface area contributed by atoms with Crippen LogP contribution in [0, 0.1) is 0 Å². The molecule has 0 aliphatic heterocycles. The molecule has 5 nitrogen and oxygen atoms in total. The second kappa shape index (κ2) is 6.51. The first-order valence-electron chi connectivity index (χ1n) is 5.57. The lowest BCUT2D eigenvalue weighted by Gasteiger charge is -2.09. The van der Waals surface area contributed by atoms with E-state index in [0.29, 0.717) is 10.7 Å². The van der Waals surface area contributed by atoms with Gasteiger partial charge < -0.3 is 9.87 Å². The summed E-state index contributed by atoms with van der Waals surface area (Å²) in [5.74, 6) is 0. The van der Waals surface area contributed by atoms with Crippen LogP contribution >= 0.6 is 11.6 Å². The fourth-order valence-electron chi connectivity index (χ4n) is 1.65. The molecule has 2 aromatic rings. The maximum atomic E-state index is 11.2. The summed E-state index contributed by atoms with van der Waals surface area (Å²) < 4.78 is 22.3. The van der Waals surface area contributed by atoms with E-state index in [2.05, 4.69) is 5.32 Å². The number of amides is 2. The number of hydrogen-bond acceptors (Lipinski definition) is 3. The van der Waals surface area contributed by atoms with E-state index >= 15 is 0 Å². The summed E-state index contributed by atoms with van der Waals surface area (Å²) in [7, 11) is 0. The van der Waals surface area contributed by atoms with Crippen molar-refractivity contribution in [2.24, 2.45) is 0 Å². The van der Waals surface area contributed by atoms with E-state index in [9.17, 15) is 13.6 Å². The molecular formula is C13H10ClN2O3S-. The van der Waals surface area contributed by atoms with E-state index in [-0.39, 0.29) is 0 Å². The van der Waals surface area contributed by atoms with Crippen LogP contribution in [0.5, 0.6) is 0 Å². The molecule has 0 saturated heterocycles. The van der Waals surface area contributed by atoms with Crippen molar-refractivity contribution >= 4 is 34.6 Å². The van der Waals surface area contributed by atoms with Gasteiger partial charge in [0.15, 0.2) is 0 Å². The van der Waals surface area contributed by atoms with Crippen LogP contribution in [0.3, 0.4) is 0 Å². The quantitative estimate of drug-likeness (QED) is 0.855. The van der Waals surface area contributed by atoms with Crippen LogP contribution in [-0.2, 0) is 11.3 Å². The molecule has 0 spiro atoms. The van der Waals surface area contributed by atoms with E-state index in [1.807, 2.05) is 18.2 Å². The van der Waals surface area contributed by atoms with Gasteiger partial charge in [-0.05, 0) is 35.4 Å². The van der Waals surface area contributed by atoms with Crippen LogP contribution in [0.25, 0.3) is 11.1 Å². The first-order chi connectivity index (χ1) is 9.54. The van der Waals surface area contributed by atoms with Gasteiger partial charge in [0.25, 0.3) is 0 Å². The van der Waals surface area contributed by atoms with Gasteiger partial charge in [0.2, 0.25) is 0 Å². The van der Waals surface area contributed by atoms with Crippen molar-refractivity contribution in [3.05, 3.63) is 53.6 Å². The summed E-state index contributed by atoms with van der Waals surface area (Å²) in [6.07, 6.45) is 0. The molecule has 0 heterocycles. The maximum Gasteiger partial charge on any atom is 0.330 e. The fourth-order valence-corrected chi connectivity index (χ4v) is 2.04. The highest BCUT2D eigenvalue weighted by Crippen LogP contribution is 2.24. The van der Waals surface area contributed by atoms with Crippen molar-refractivity contribution in [2.45, 2.75) is 0 Å². The van der Waals surface area contributed by atoms with Gasteiger partial charge in [-0.3, -0.25) is 8.93 Å². The molecule has 104 valence electrons. The van der Waals surface area contributed by atoms with Gasteiger partial charge in [0, 0.05) is 22.0 Å². The predicted octanol–water partition coefficient (Wildman–Crippen LogP) is 2.92. The number of halogens is 1. The second-order valence-corrected chi connectivity index (χ2v) is 4.99. The van der Waals surface area contributed by atoms with Gasteiger partial charge in [-0.1, -0.05) is 35.9 Å². The number of carbonyl (C=O) groups is 1. The summed E-state index contributed by atoms with van der Waals surface area (Å²) in [6.45, 7) is 0. The van der Waals surface area contributed by atoms with Gasteiger partial charge in [-0.25, -0.2) is 4.79 Å².